The zero-order valence-electron chi connectivity index (χ0n) is 17.0. The lowest BCUT2D eigenvalue weighted by Gasteiger charge is -2.05. The molecule has 5 nitrogen and oxygen atoms in total. The Bertz CT molecular complexity index is 377. The first kappa shape index (κ1) is 26.9. The van der Waals surface area contributed by atoms with Gasteiger partial charge in [-0.25, -0.2) is 9.59 Å². The maximum Gasteiger partial charge on any atom is 0.332 e. The highest BCUT2D eigenvalue weighted by Gasteiger charge is 2.11. The molecule has 0 aliphatic rings. The standard InChI is InChI=1S/C16H32O3.C5H8O2/c1-2-3-4-5-6-7-8-9-10-11-12-13-14-15(17)16(18)19;1-3-4(2)5(6)7/h15,17H,2-14H2,1H3,(H,18,19);3H,1-2H3,(H,6,7)/b;4-3-. The predicted molar refractivity (Wildman–Crippen MR) is 106 cm³/mol. The number of carbonyl (C=O) groups is 2. The van der Waals surface area contributed by atoms with Crippen molar-refractivity contribution in [2.75, 3.05) is 0 Å². The monoisotopic (exact) mass is 372 g/mol. The Morgan fingerprint density at radius 3 is 1.46 bits per heavy atom. The van der Waals surface area contributed by atoms with Crippen LogP contribution in [-0.4, -0.2) is 33.4 Å². The first-order valence-electron chi connectivity index (χ1n) is 10.1. The minimum Gasteiger partial charge on any atom is -0.479 e. The van der Waals surface area contributed by atoms with Crippen LogP contribution in [0, 0.1) is 0 Å². The number of carboxylic acids is 2. The third-order valence-corrected chi connectivity index (χ3v) is 4.39. The summed E-state index contributed by atoms with van der Waals surface area (Å²) in [6, 6.07) is 0. The van der Waals surface area contributed by atoms with E-state index in [2.05, 4.69) is 6.92 Å². The molecule has 0 aliphatic heterocycles. The second-order valence-corrected chi connectivity index (χ2v) is 6.81. The van der Waals surface area contributed by atoms with Gasteiger partial charge in [0, 0.05) is 5.57 Å². The van der Waals surface area contributed by atoms with E-state index in [9.17, 15) is 9.59 Å². The highest BCUT2D eigenvalue weighted by atomic mass is 16.4. The molecule has 0 aromatic carbocycles. The number of aliphatic hydroxyl groups excluding tert-OH is 1. The number of unbranched alkanes of at least 4 members (excludes halogenated alkanes) is 11. The number of aliphatic carboxylic acids is 2. The smallest absolute Gasteiger partial charge is 0.332 e. The van der Waals surface area contributed by atoms with Gasteiger partial charge in [-0.2, -0.15) is 0 Å². The number of hydrogen-bond donors (Lipinski definition) is 3. The van der Waals surface area contributed by atoms with Crippen LogP contribution in [0.15, 0.2) is 11.6 Å². The number of hydrogen-bond acceptors (Lipinski definition) is 3. The van der Waals surface area contributed by atoms with Crippen LogP contribution in [0.2, 0.25) is 0 Å². The van der Waals surface area contributed by atoms with Gasteiger partial charge < -0.3 is 15.3 Å². The Balaban J connectivity index is 0. The quantitative estimate of drug-likeness (QED) is 0.258. The average molecular weight is 373 g/mol. The van der Waals surface area contributed by atoms with Crippen molar-refractivity contribution < 1.29 is 24.9 Å². The van der Waals surface area contributed by atoms with Crippen molar-refractivity contribution in [3.63, 3.8) is 0 Å². The molecule has 26 heavy (non-hydrogen) atoms. The zero-order valence-corrected chi connectivity index (χ0v) is 17.0. The summed E-state index contributed by atoms with van der Waals surface area (Å²) in [7, 11) is 0. The minimum absolute atomic E-state index is 0.389. The molecule has 0 spiro atoms. The molecule has 0 aromatic heterocycles. The van der Waals surface area contributed by atoms with E-state index >= 15 is 0 Å². The molecule has 5 heteroatoms. The van der Waals surface area contributed by atoms with Gasteiger partial charge in [-0.05, 0) is 20.3 Å². The molecule has 1 unspecified atom stereocenters. The Kier molecular flexibility index (Phi) is 20.6. The van der Waals surface area contributed by atoms with Gasteiger partial charge >= 0.3 is 11.9 Å². The highest BCUT2D eigenvalue weighted by Crippen LogP contribution is 2.12. The van der Waals surface area contributed by atoms with E-state index in [4.69, 9.17) is 15.3 Å². The van der Waals surface area contributed by atoms with Crippen LogP contribution in [0.1, 0.15) is 104 Å². The average Bonchev–Trinajstić information content (AvgIpc) is 2.62. The van der Waals surface area contributed by atoms with Gasteiger partial charge in [0.1, 0.15) is 0 Å². The molecule has 0 fully saturated rings. The molecule has 1 atom stereocenters. The predicted octanol–water partition coefficient (Wildman–Crippen LogP) is 5.56. The molecule has 0 saturated carbocycles. The number of aliphatic hydroxyl groups is 1. The van der Waals surface area contributed by atoms with Crippen LogP contribution in [0.4, 0.5) is 0 Å². The van der Waals surface area contributed by atoms with E-state index in [1.54, 1.807) is 19.9 Å². The van der Waals surface area contributed by atoms with E-state index < -0.39 is 18.0 Å². The van der Waals surface area contributed by atoms with Crippen LogP contribution in [0.25, 0.3) is 0 Å². The second-order valence-electron chi connectivity index (χ2n) is 6.81. The fraction of sp³-hybridized carbons (Fsp3) is 0.810. The summed E-state index contributed by atoms with van der Waals surface area (Å²) >= 11 is 0. The summed E-state index contributed by atoms with van der Waals surface area (Å²) in [5.41, 5.74) is 0.389. The topological polar surface area (TPSA) is 94.8 Å². The van der Waals surface area contributed by atoms with E-state index in [-0.39, 0.29) is 0 Å². The van der Waals surface area contributed by atoms with Gasteiger partial charge in [0.2, 0.25) is 0 Å². The van der Waals surface area contributed by atoms with Gasteiger partial charge in [-0.1, -0.05) is 90.0 Å². The maximum atomic E-state index is 10.4. The largest absolute Gasteiger partial charge is 0.479 e. The maximum absolute atomic E-state index is 10.4. The van der Waals surface area contributed by atoms with Gasteiger partial charge in [0.25, 0.3) is 0 Å². The molecule has 0 saturated heterocycles. The Morgan fingerprint density at radius 1 is 0.808 bits per heavy atom. The van der Waals surface area contributed by atoms with Crippen LogP contribution in [-0.2, 0) is 9.59 Å². The van der Waals surface area contributed by atoms with Crippen molar-refractivity contribution in [1.82, 2.24) is 0 Å². The van der Waals surface area contributed by atoms with Crippen LogP contribution >= 0.6 is 0 Å². The van der Waals surface area contributed by atoms with Crippen LogP contribution in [0.3, 0.4) is 0 Å². The third-order valence-electron chi connectivity index (χ3n) is 4.39. The number of allylic oxidation sites excluding steroid dienone is 1. The summed E-state index contributed by atoms with van der Waals surface area (Å²) in [5.74, 6) is -1.94. The molecular formula is C21H40O5. The third kappa shape index (κ3) is 20.7. The summed E-state index contributed by atoms with van der Waals surface area (Å²) in [6.07, 6.45) is 15.9. The van der Waals surface area contributed by atoms with Gasteiger partial charge in [-0.15, -0.1) is 0 Å². The summed E-state index contributed by atoms with van der Waals surface area (Å²) in [4.78, 5) is 20.2. The number of rotatable bonds is 15. The van der Waals surface area contributed by atoms with E-state index in [1.807, 2.05) is 0 Å². The lowest BCUT2D eigenvalue weighted by molar-refractivity contribution is -0.147. The van der Waals surface area contributed by atoms with Gasteiger partial charge in [0.15, 0.2) is 6.10 Å². The molecule has 0 radical (unpaired) electrons. The van der Waals surface area contributed by atoms with Crippen molar-refractivity contribution in [2.45, 2.75) is 110 Å². The van der Waals surface area contributed by atoms with Gasteiger partial charge in [-0.3, -0.25) is 0 Å². The Hall–Kier alpha value is -1.36. The minimum atomic E-state index is -1.16. The van der Waals surface area contributed by atoms with Crippen molar-refractivity contribution in [3.8, 4) is 0 Å². The normalized spacial score (nSPS) is 12.2. The number of carboxylic acid groups (broad SMARTS) is 2. The lowest BCUT2D eigenvalue weighted by atomic mass is 10.0. The highest BCUT2D eigenvalue weighted by molar-refractivity contribution is 5.85. The Morgan fingerprint density at radius 2 is 1.19 bits per heavy atom. The van der Waals surface area contributed by atoms with Crippen molar-refractivity contribution in [1.29, 1.82) is 0 Å². The first-order valence-corrected chi connectivity index (χ1v) is 10.1. The second kappa shape index (κ2) is 20.0. The summed E-state index contributed by atoms with van der Waals surface area (Å²) in [6.45, 7) is 5.50. The molecule has 0 aliphatic carbocycles. The van der Waals surface area contributed by atoms with Crippen LogP contribution < -0.4 is 0 Å². The molecule has 0 aromatic rings. The fourth-order valence-corrected chi connectivity index (χ4v) is 2.43. The summed E-state index contributed by atoms with van der Waals surface area (Å²) < 4.78 is 0. The zero-order chi connectivity index (χ0) is 20.2. The molecular weight excluding hydrogens is 332 g/mol. The van der Waals surface area contributed by atoms with Gasteiger partial charge in [0.05, 0.1) is 0 Å². The lowest BCUT2D eigenvalue weighted by Crippen LogP contribution is -2.18. The van der Waals surface area contributed by atoms with E-state index in [0.717, 1.165) is 12.8 Å². The Labute approximate surface area is 159 Å². The molecule has 0 bridgehead atoms. The van der Waals surface area contributed by atoms with Crippen molar-refractivity contribution in [2.24, 2.45) is 0 Å². The molecule has 0 rings (SSSR count). The van der Waals surface area contributed by atoms with Crippen molar-refractivity contribution >= 4 is 11.9 Å². The first-order chi connectivity index (χ1) is 12.4. The molecule has 3 N–H and O–H groups in total. The SMILES string of the molecule is C/C=C(/C)C(=O)O.CCCCCCCCCCCCCCC(O)C(=O)O. The molecule has 0 heterocycles. The molecule has 0 amide bonds. The van der Waals surface area contributed by atoms with E-state index in [1.165, 1.54) is 64.2 Å². The fourth-order valence-electron chi connectivity index (χ4n) is 2.43. The van der Waals surface area contributed by atoms with E-state index in [0.29, 0.717) is 12.0 Å². The van der Waals surface area contributed by atoms with Crippen molar-refractivity contribution in [3.05, 3.63) is 11.6 Å². The van der Waals surface area contributed by atoms with Crippen LogP contribution in [0.5, 0.6) is 0 Å². The molecule has 154 valence electrons. The summed E-state index contributed by atoms with van der Waals surface area (Å²) in [5, 5.41) is 25.7.